The van der Waals surface area contributed by atoms with E-state index in [1.54, 1.807) is 0 Å². The molecule has 2 aliphatic carbocycles. The van der Waals surface area contributed by atoms with Crippen LogP contribution in [0.3, 0.4) is 0 Å². The molecular weight excluding hydrogens is 961 g/mol. The molecule has 3 heteroatoms. The van der Waals surface area contributed by atoms with Crippen molar-refractivity contribution in [2.45, 2.75) is 19.3 Å². The average Bonchev–Trinajstić information content (AvgIpc) is 2.67. The molecule has 13 aromatic rings. The van der Waals surface area contributed by atoms with E-state index in [2.05, 4.69) is 303 Å². The minimum Gasteiger partial charge on any atom is -0.310 e. The zero-order valence-corrected chi connectivity index (χ0v) is 44.2. The Balaban J connectivity index is 1.01. The van der Waals surface area contributed by atoms with Crippen molar-refractivity contribution in [1.82, 2.24) is 0 Å². The fourth-order valence-electron chi connectivity index (χ4n) is 13.1. The third-order valence-corrected chi connectivity index (χ3v) is 17.7. The monoisotopic (exact) mass is 1010 g/mol. The molecule has 0 atom stereocenters. The van der Waals surface area contributed by atoms with E-state index in [0.29, 0.717) is 0 Å². The molecule has 2 aliphatic rings. The second kappa shape index (κ2) is 18.3. The third-order valence-electron chi connectivity index (χ3n) is 16.5. The number of benzene rings is 12. The van der Waals surface area contributed by atoms with Gasteiger partial charge in [-0.3, -0.25) is 0 Å². The van der Waals surface area contributed by atoms with E-state index in [1.807, 2.05) is 11.3 Å². The maximum Gasteiger partial charge on any atom is 0.0727 e. The second-order valence-corrected chi connectivity index (χ2v) is 21.9. The SMILES string of the molecule is Cc1ccccc1-c1ccc(N(c2ccc(-c3ccccc3)cc2)c2ccc3c(c2)C2(c4ccccc4-c4ccccc42)c2cc(N(c4ccccc4)c4ccc(-c5ccccc5)cc4)c4sc5ccccc5c4c2-3)cc1C. The number of hydrogen-bond donors (Lipinski definition) is 0. The summed E-state index contributed by atoms with van der Waals surface area (Å²) >= 11 is 1.90. The highest BCUT2D eigenvalue weighted by atomic mass is 32.1. The molecule has 368 valence electrons. The van der Waals surface area contributed by atoms with E-state index in [0.717, 1.165) is 28.4 Å². The van der Waals surface area contributed by atoms with Gasteiger partial charge in [-0.25, -0.2) is 0 Å². The second-order valence-electron chi connectivity index (χ2n) is 20.8. The Morgan fingerprint density at radius 1 is 0.308 bits per heavy atom. The van der Waals surface area contributed by atoms with Gasteiger partial charge in [-0.15, -0.1) is 11.3 Å². The van der Waals surface area contributed by atoms with Gasteiger partial charge in [-0.05, 0) is 176 Å². The van der Waals surface area contributed by atoms with Crippen LogP contribution >= 0.6 is 11.3 Å². The summed E-state index contributed by atoms with van der Waals surface area (Å²) in [5.74, 6) is 0. The van der Waals surface area contributed by atoms with Crippen LogP contribution in [-0.2, 0) is 5.41 Å². The Bertz CT molecular complexity index is 4400. The highest BCUT2D eigenvalue weighted by Crippen LogP contribution is 2.66. The third kappa shape index (κ3) is 7.09. The minimum atomic E-state index is -0.660. The van der Waals surface area contributed by atoms with Gasteiger partial charge in [0.2, 0.25) is 0 Å². The zero-order valence-electron chi connectivity index (χ0n) is 43.4. The molecule has 0 saturated heterocycles. The number of fused-ring (bicyclic) bond motifs is 14. The number of aryl methyl sites for hydroxylation is 2. The lowest BCUT2D eigenvalue weighted by Gasteiger charge is -2.33. The summed E-state index contributed by atoms with van der Waals surface area (Å²) in [7, 11) is 0. The molecule has 0 radical (unpaired) electrons. The lowest BCUT2D eigenvalue weighted by Crippen LogP contribution is -2.26. The molecule has 12 aromatic carbocycles. The first-order valence-corrected chi connectivity index (χ1v) is 27.8. The standard InChI is InChI=1S/C75H52N2S/c1-49-20-12-13-27-60(49)61-44-42-58(46-50(61)2)76(56-38-34-53(35-39-56)51-21-6-3-7-22-51)59-43-45-64-68(47-59)75(66-31-17-14-28-62(66)63-29-15-18-32-67(63)75)69-48-70(74-73(72(64)69)65-30-16-19-33-71(65)78-74)77(55-25-10-5-11-26-55)57-40-36-54(37-41-57)52-23-8-4-9-24-52/h3-48H,1-2H3. The van der Waals surface area contributed by atoms with Gasteiger partial charge in [0.1, 0.15) is 0 Å². The van der Waals surface area contributed by atoms with E-state index in [1.165, 1.54) is 115 Å². The Labute approximate surface area is 460 Å². The fraction of sp³-hybridized carbons (Fsp3) is 0.0400. The lowest BCUT2D eigenvalue weighted by atomic mass is 9.70. The van der Waals surface area contributed by atoms with Crippen LogP contribution in [0.1, 0.15) is 33.4 Å². The molecule has 0 fully saturated rings. The zero-order chi connectivity index (χ0) is 51.9. The molecule has 1 aromatic heterocycles. The summed E-state index contributed by atoms with van der Waals surface area (Å²) in [4.78, 5) is 4.98. The Morgan fingerprint density at radius 2 is 0.769 bits per heavy atom. The number of rotatable bonds is 9. The quantitative estimate of drug-likeness (QED) is 0.142. The predicted molar refractivity (Wildman–Crippen MR) is 331 cm³/mol. The van der Waals surface area contributed by atoms with Gasteiger partial charge < -0.3 is 9.80 Å². The molecule has 1 spiro atoms. The molecule has 0 N–H and O–H groups in total. The first kappa shape index (κ1) is 45.8. The predicted octanol–water partition coefficient (Wildman–Crippen LogP) is 21.0. The molecule has 15 rings (SSSR count). The highest BCUT2D eigenvalue weighted by Gasteiger charge is 2.53. The van der Waals surface area contributed by atoms with Gasteiger partial charge in [0.15, 0.2) is 0 Å². The van der Waals surface area contributed by atoms with Crippen molar-refractivity contribution in [2.24, 2.45) is 0 Å². The van der Waals surface area contributed by atoms with Crippen LogP contribution in [0.25, 0.3) is 75.8 Å². The van der Waals surface area contributed by atoms with Crippen molar-refractivity contribution in [2.75, 3.05) is 9.80 Å². The van der Waals surface area contributed by atoms with E-state index >= 15 is 0 Å². The summed E-state index contributed by atoms with van der Waals surface area (Å²) in [6.45, 7) is 4.46. The van der Waals surface area contributed by atoms with Crippen LogP contribution in [0.2, 0.25) is 0 Å². The molecule has 0 aliphatic heterocycles. The van der Waals surface area contributed by atoms with Gasteiger partial charge in [0, 0.05) is 43.9 Å². The number of nitrogens with zero attached hydrogens (tertiary/aromatic N) is 2. The van der Waals surface area contributed by atoms with Crippen LogP contribution in [-0.4, -0.2) is 0 Å². The van der Waals surface area contributed by atoms with Crippen molar-refractivity contribution >= 4 is 65.6 Å². The van der Waals surface area contributed by atoms with Crippen molar-refractivity contribution in [3.8, 4) is 55.6 Å². The van der Waals surface area contributed by atoms with E-state index in [9.17, 15) is 0 Å². The smallest absolute Gasteiger partial charge is 0.0727 e. The van der Waals surface area contributed by atoms with Crippen LogP contribution < -0.4 is 9.80 Å². The van der Waals surface area contributed by atoms with E-state index < -0.39 is 5.41 Å². The first-order chi connectivity index (χ1) is 38.5. The fourth-order valence-corrected chi connectivity index (χ4v) is 14.3. The van der Waals surface area contributed by atoms with E-state index in [4.69, 9.17) is 0 Å². The molecule has 0 amide bonds. The molecule has 2 nitrogen and oxygen atoms in total. The molecular formula is C75H52N2S. The van der Waals surface area contributed by atoms with Gasteiger partial charge >= 0.3 is 0 Å². The van der Waals surface area contributed by atoms with Gasteiger partial charge in [-0.1, -0.05) is 206 Å². The molecule has 1 heterocycles. The molecule has 0 bridgehead atoms. The van der Waals surface area contributed by atoms with Crippen LogP contribution in [0.15, 0.2) is 279 Å². The topological polar surface area (TPSA) is 6.48 Å². The Hall–Kier alpha value is -9.54. The van der Waals surface area contributed by atoms with Gasteiger partial charge in [-0.2, -0.15) is 0 Å². The van der Waals surface area contributed by atoms with Crippen molar-refractivity contribution in [3.63, 3.8) is 0 Å². The number of thiophene rings is 1. The lowest BCUT2D eigenvalue weighted by molar-refractivity contribution is 0.794. The average molecular weight is 1010 g/mol. The Morgan fingerprint density at radius 3 is 1.38 bits per heavy atom. The summed E-state index contributed by atoms with van der Waals surface area (Å²) in [6.07, 6.45) is 0. The van der Waals surface area contributed by atoms with E-state index in [-0.39, 0.29) is 0 Å². The van der Waals surface area contributed by atoms with Crippen molar-refractivity contribution < 1.29 is 0 Å². The molecule has 0 unspecified atom stereocenters. The van der Waals surface area contributed by atoms with Gasteiger partial charge in [0.25, 0.3) is 0 Å². The maximum atomic E-state index is 2.58. The minimum absolute atomic E-state index is 0.660. The first-order valence-electron chi connectivity index (χ1n) is 27.0. The molecule has 0 saturated carbocycles. The van der Waals surface area contributed by atoms with Crippen LogP contribution in [0, 0.1) is 13.8 Å². The normalized spacial score (nSPS) is 12.6. The van der Waals surface area contributed by atoms with Crippen molar-refractivity contribution in [1.29, 1.82) is 0 Å². The summed E-state index contributed by atoms with van der Waals surface area (Å²) in [5, 5.41) is 2.58. The van der Waals surface area contributed by atoms with Crippen molar-refractivity contribution in [3.05, 3.63) is 312 Å². The van der Waals surface area contributed by atoms with Crippen LogP contribution in [0.4, 0.5) is 34.1 Å². The molecule has 78 heavy (non-hydrogen) atoms. The highest BCUT2D eigenvalue weighted by molar-refractivity contribution is 7.26. The summed E-state index contributed by atoms with van der Waals surface area (Å²) in [5.41, 5.74) is 26.2. The number of hydrogen-bond acceptors (Lipinski definition) is 3. The summed E-state index contributed by atoms with van der Waals surface area (Å²) < 4.78 is 2.54. The van der Waals surface area contributed by atoms with Crippen LogP contribution in [0.5, 0.6) is 0 Å². The largest absolute Gasteiger partial charge is 0.310 e. The number of anilines is 6. The maximum absolute atomic E-state index is 2.58. The summed E-state index contributed by atoms with van der Waals surface area (Å²) in [6, 6.07) is 104. The Kier molecular flexibility index (Phi) is 10.8. The number of para-hydroxylation sites is 1. The van der Waals surface area contributed by atoms with Gasteiger partial charge in [0.05, 0.1) is 15.8 Å².